The van der Waals surface area contributed by atoms with Gasteiger partial charge in [-0.3, -0.25) is 4.79 Å². The second kappa shape index (κ2) is 7.77. The van der Waals surface area contributed by atoms with Crippen LogP contribution in [0, 0.1) is 17.5 Å². The van der Waals surface area contributed by atoms with Gasteiger partial charge in [-0.2, -0.15) is 0 Å². The molecule has 2 aromatic carbocycles. The molecule has 128 valence electrons. The number of rotatable bonds is 5. The normalized spacial score (nSPS) is 11.9. The van der Waals surface area contributed by atoms with Crippen molar-refractivity contribution in [1.29, 1.82) is 0 Å². The maximum Gasteiger partial charge on any atom is 0.253 e. The van der Waals surface area contributed by atoms with Crippen LogP contribution in [0.1, 0.15) is 17.3 Å². The fourth-order valence-corrected chi connectivity index (χ4v) is 2.32. The molecule has 0 saturated heterocycles. The molecule has 1 amide bonds. The van der Waals surface area contributed by atoms with Gasteiger partial charge in [0.05, 0.1) is 21.7 Å². The van der Waals surface area contributed by atoms with Crippen molar-refractivity contribution in [1.82, 2.24) is 5.32 Å². The van der Waals surface area contributed by atoms with Crippen LogP contribution in [0.15, 0.2) is 30.3 Å². The van der Waals surface area contributed by atoms with E-state index in [-0.39, 0.29) is 28.0 Å². The lowest BCUT2D eigenvalue weighted by Gasteiger charge is -2.16. The predicted octanol–water partition coefficient (Wildman–Crippen LogP) is 4.61. The molecule has 1 unspecified atom stereocenters. The second-order valence-corrected chi connectivity index (χ2v) is 5.82. The van der Waals surface area contributed by atoms with E-state index in [1.807, 2.05) is 0 Å². The summed E-state index contributed by atoms with van der Waals surface area (Å²) in [5, 5.41) is 2.33. The topological polar surface area (TPSA) is 38.3 Å². The fourth-order valence-electron chi connectivity index (χ4n) is 1.85. The number of hydrogen-bond donors (Lipinski definition) is 1. The van der Waals surface area contributed by atoms with E-state index in [0.29, 0.717) is 6.07 Å². The third-order valence-corrected chi connectivity index (χ3v) is 3.62. The van der Waals surface area contributed by atoms with Crippen molar-refractivity contribution in [3.63, 3.8) is 0 Å². The largest absolute Gasteiger partial charge is 0.488 e. The predicted molar refractivity (Wildman–Crippen MR) is 85.2 cm³/mol. The lowest BCUT2D eigenvalue weighted by Crippen LogP contribution is -2.37. The van der Waals surface area contributed by atoms with Gasteiger partial charge in [-0.25, -0.2) is 13.2 Å². The molecule has 0 aliphatic heterocycles. The summed E-state index contributed by atoms with van der Waals surface area (Å²) in [6, 6.07) is 4.39. The Kier molecular flexibility index (Phi) is 5.96. The standard InChI is InChI=1S/C16H12Cl2F3NO2/c1-8(7-24-15-3-2-9(19)4-14(15)21)22-16(23)10-5-13(20)12(18)6-11(10)17/h2-6,8H,7H2,1H3,(H,22,23). The van der Waals surface area contributed by atoms with E-state index >= 15 is 0 Å². The highest BCUT2D eigenvalue weighted by Crippen LogP contribution is 2.24. The summed E-state index contributed by atoms with van der Waals surface area (Å²) in [4.78, 5) is 12.1. The van der Waals surface area contributed by atoms with Crippen LogP contribution < -0.4 is 10.1 Å². The van der Waals surface area contributed by atoms with Crippen LogP contribution in [0.4, 0.5) is 13.2 Å². The van der Waals surface area contributed by atoms with E-state index in [1.54, 1.807) is 6.92 Å². The number of carbonyl (C=O) groups excluding carboxylic acids is 1. The molecule has 0 saturated carbocycles. The Balaban J connectivity index is 1.98. The highest BCUT2D eigenvalue weighted by Gasteiger charge is 2.17. The van der Waals surface area contributed by atoms with Crippen molar-refractivity contribution in [2.75, 3.05) is 6.61 Å². The molecule has 24 heavy (non-hydrogen) atoms. The van der Waals surface area contributed by atoms with Gasteiger partial charge < -0.3 is 10.1 Å². The minimum atomic E-state index is -0.851. The number of amides is 1. The zero-order valence-corrected chi connectivity index (χ0v) is 13.9. The monoisotopic (exact) mass is 377 g/mol. The minimum Gasteiger partial charge on any atom is -0.488 e. The zero-order valence-electron chi connectivity index (χ0n) is 12.4. The highest BCUT2D eigenvalue weighted by atomic mass is 35.5. The van der Waals surface area contributed by atoms with Gasteiger partial charge in [0.15, 0.2) is 11.6 Å². The lowest BCUT2D eigenvalue weighted by atomic mass is 10.2. The minimum absolute atomic E-state index is 0.00315. The van der Waals surface area contributed by atoms with Crippen LogP contribution in [0.2, 0.25) is 10.0 Å². The van der Waals surface area contributed by atoms with Gasteiger partial charge in [0.25, 0.3) is 5.91 Å². The Morgan fingerprint density at radius 1 is 1.12 bits per heavy atom. The highest BCUT2D eigenvalue weighted by molar-refractivity contribution is 6.36. The summed E-state index contributed by atoms with van der Waals surface area (Å²) in [6.07, 6.45) is 0. The molecule has 0 fully saturated rings. The average molecular weight is 378 g/mol. The summed E-state index contributed by atoms with van der Waals surface area (Å²) in [7, 11) is 0. The molecular formula is C16H12Cl2F3NO2. The maximum atomic E-state index is 13.4. The Bertz CT molecular complexity index is 771. The molecule has 0 spiro atoms. The van der Waals surface area contributed by atoms with Gasteiger partial charge in [0.2, 0.25) is 0 Å². The third-order valence-electron chi connectivity index (χ3n) is 3.01. The van der Waals surface area contributed by atoms with Gasteiger partial charge in [-0.1, -0.05) is 23.2 Å². The first-order valence-corrected chi connectivity index (χ1v) is 7.56. The molecule has 1 atom stereocenters. The fraction of sp³-hybridized carbons (Fsp3) is 0.188. The molecule has 0 aromatic heterocycles. The molecular weight excluding hydrogens is 366 g/mol. The molecule has 2 rings (SSSR count). The molecule has 2 aromatic rings. The molecule has 0 heterocycles. The van der Waals surface area contributed by atoms with Gasteiger partial charge in [0, 0.05) is 6.07 Å². The Hall–Kier alpha value is -1.92. The molecule has 0 radical (unpaired) electrons. The number of hydrogen-bond acceptors (Lipinski definition) is 2. The summed E-state index contributed by atoms with van der Waals surface area (Å²) in [5.41, 5.74) is -0.0848. The number of ether oxygens (including phenoxy) is 1. The van der Waals surface area contributed by atoms with Crippen molar-refractivity contribution >= 4 is 29.1 Å². The summed E-state index contributed by atoms with van der Waals surface area (Å²) < 4.78 is 44.9. The smallest absolute Gasteiger partial charge is 0.253 e. The SMILES string of the molecule is CC(COc1ccc(F)cc1F)NC(=O)c1cc(F)c(Cl)cc1Cl. The van der Waals surface area contributed by atoms with Gasteiger partial charge in [0.1, 0.15) is 18.2 Å². The van der Waals surface area contributed by atoms with Crippen molar-refractivity contribution in [3.05, 3.63) is 63.4 Å². The first-order chi connectivity index (χ1) is 11.3. The van der Waals surface area contributed by atoms with Gasteiger partial charge in [-0.15, -0.1) is 0 Å². The van der Waals surface area contributed by atoms with E-state index < -0.39 is 29.4 Å². The van der Waals surface area contributed by atoms with Crippen LogP contribution in [-0.4, -0.2) is 18.6 Å². The second-order valence-electron chi connectivity index (χ2n) is 5.01. The van der Waals surface area contributed by atoms with Crippen molar-refractivity contribution < 1.29 is 22.7 Å². The van der Waals surface area contributed by atoms with Crippen LogP contribution >= 0.6 is 23.2 Å². The van der Waals surface area contributed by atoms with E-state index in [4.69, 9.17) is 27.9 Å². The third kappa shape index (κ3) is 4.55. The zero-order chi connectivity index (χ0) is 17.9. The number of halogens is 5. The summed E-state index contributed by atoms with van der Waals surface area (Å²) in [6.45, 7) is 1.52. The summed E-state index contributed by atoms with van der Waals surface area (Å²) in [5.74, 6) is -3.13. The van der Waals surface area contributed by atoms with Crippen LogP contribution in [-0.2, 0) is 0 Å². The Morgan fingerprint density at radius 3 is 2.50 bits per heavy atom. The van der Waals surface area contributed by atoms with E-state index in [9.17, 15) is 18.0 Å². The Labute approximate surface area is 146 Å². The molecule has 3 nitrogen and oxygen atoms in total. The van der Waals surface area contributed by atoms with Crippen LogP contribution in [0.5, 0.6) is 5.75 Å². The molecule has 0 aliphatic carbocycles. The van der Waals surface area contributed by atoms with E-state index in [2.05, 4.69) is 5.32 Å². The molecule has 1 N–H and O–H groups in total. The van der Waals surface area contributed by atoms with E-state index in [0.717, 1.165) is 24.3 Å². The van der Waals surface area contributed by atoms with Gasteiger partial charge in [-0.05, 0) is 31.2 Å². The first kappa shape index (κ1) is 18.4. The van der Waals surface area contributed by atoms with Crippen molar-refractivity contribution in [2.24, 2.45) is 0 Å². The van der Waals surface area contributed by atoms with Crippen LogP contribution in [0.25, 0.3) is 0 Å². The number of carbonyl (C=O) groups is 1. The average Bonchev–Trinajstić information content (AvgIpc) is 2.50. The van der Waals surface area contributed by atoms with Crippen LogP contribution in [0.3, 0.4) is 0 Å². The van der Waals surface area contributed by atoms with Crippen molar-refractivity contribution in [3.8, 4) is 5.75 Å². The van der Waals surface area contributed by atoms with E-state index in [1.165, 1.54) is 0 Å². The molecule has 0 aliphatic rings. The Morgan fingerprint density at radius 2 is 1.83 bits per heavy atom. The molecule has 8 heteroatoms. The number of nitrogens with one attached hydrogen (secondary N) is 1. The van der Waals surface area contributed by atoms with Gasteiger partial charge >= 0.3 is 0 Å². The number of benzene rings is 2. The quantitative estimate of drug-likeness (QED) is 0.772. The van der Waals surface area contributed by atoms with Crippen molar-refractivity contribution in [2.45, 2.75) is 13.0 Å². The molecule has 0 bridgehead atoms. The maximum absolute atomic E-state index is 13.4. The lowest BCUT2D eigenvalue weighted by molar-refractivity contribution is 0.0926. The first-order valence-electron chi connectivity index (χ1n) is 6.81. The summed E-state index contributed by atoms with van der Waals surface area (Å²) >= 11 is 11.4.